The lowest BCUT2D eigenvalue weighted by molar-refractivity contribution is -0.120. The Bertz CT molecular complexity index is 475. The number of benzene rings is 1. The van der Waals surface area contributed by atoms with Crippen molar-refractivity contribution in [1.82, 2.24) is 10.6 Å². The van der Waals surface area contributed by atoms with Crippen LogP contribution in [0.25, 0.3) is 0 Å². The average Bonchev–Trinajstić information content (AvgIpc) is 2.60. The summed E-state index contributed by atoms with van der Waals surface area (Å²) in [7, 11) is 1.55. The van der Waals surface area contributed by atoms with Crippen molar-refractivity contribution >= 4 is 23.5 Å². The summed E-state index contributed by atoms with van der Waals surface area (Å²) >= 11 is 5.87. The minimum Gasteiger partial charge on any atom is -0.340 e. The van der Waals surface area contributed by atoms with Crippen LogP contribution in [0.3, 0.4) is 0 Å². The number of amides is 1. The van der Waals surface area contributed by atoms with Gasteiger partial charge in [-0.2, -0.15) is 0 Å². The number of guanidine groups is 1. The SMILES string of the molecule is CN=C1NC(=O)C(c2ccc(F)cc2Cl)N1. The molecule has 1 fully saturated rings. The molecule has 0 radical (unpaired) electrons. The first-order chi connectivity index (χ1) is 7.61. The number of hydrogen-bond acceptors (Lipinski definition) is 2. The molecule has 1 saturated heterocycles. The van der Waals surface area contributed by atoms with Gasteiger partial charge in [-0.3, -0.25) is 15.1 Å². The summed E-state index contributed by atoms with van der Waals surface area (Å²) in [6, 6.07) is 3.30. The van der Waals surface area contributed by atoms with E-state index in [1.54, 1.807) is 7.05 Å². The smallest absolute Gasteiger partial charge is 0.253 e. The topological polar surface area (TPSA) is 53.5 Å². The molecule has 0 bridgehead atoms. The van der Waals surface area contributed by atoms with Gasteiger partial charge in [0, 0.05) is 17.6 Å². The van der Waals surface area contributed by atoms with E-state index in [0.29, 0.717) is 11.5 Å². The van der Waals surface area contributed by atoms with Crippen LogP contribution < -0.4 is 10.6 Å². The second-order valence-electron chi connectivity index (χ2n) is 3.30. The summed E-state index contributed by atoms with van der Waals surface area (Å²) in [5.74, 6) is -0.305. The zero-order chi connectivity index (χ0) is 11.7. The number of carbonyl (C=O) groups is 1. The van der Waals surface area contributed by atoms with Crippen molar-refractivity contribution in [3.63, 3.8) is 0 Å². The minimum absolute atomic E-state index is 0.213. The maximum atomic E-state index is 12.8. The summed E-state index contributed by atoms with van der Waals surface area (Å²) < 4.78 is 12.8. The lowest BCUT2D eigenvalue weighted by Crippen LogP contribution is -2.24. The predicted molar refractivity (Wildman–Crippen MR) is 58.8 cm³/mol. The van der Waals surface area contributed by atoms with Crippen molar-refractivity contribution in [2.24, 2.45) is 4.99 Å². The molecular weight excluding hydrogens is 233 g/mol. The molecule has 0 saturated carbocycles. The van der Waals surface area contributed by atoms with Gasteiger partial charge in [-0.25, -0.2) is 4.39 Å². The van der Waals surface area contributed by atoms with Gasteiger partial charge in [0.05, 0.1) is 0 Å². The summed E-state index contributed by atoms with van der Waals surface area (Å²) in [6.45, 7) is 0. The molecule has 6 heteroatoms. The normalized spacial score (nSPS) is 22.1. The number of carbonyl (C=O) groups excluding carboxylic acids is 1. The second kappa shape index (κ2) is 4.09. The molecule has 1 unspecified atom stereocenters. The molecule has 1 aliphatic heterocycles. The molecule has 2 rings (SSSR count). The van der Waals surface area contributed by atoms with Crippen molar-refractivity contribution < 1.29 is 9.18 Å². The first-order valence-corrected chi connectivity index (χ1v) is 4.98. The van der Waals surface area contributed by atoms with E-state index in [1.807, 2.05) is 0 Å². The lowest BCUT2D eigenvalue weighted by atomic mass is 10.1. The highest BCUT2D eigenvalue weighted by Gasteiger charge is 2.30. The molecule has 1 amide bonds. The van der Waals surface area contributed by atoms with Crippen LogP contribution in [-0.2, 0) is 4.79 Å². The van der Waals surface area contributed by atoms with Crippen LogP contribution in [0.1, 0.15) is 11.6 Å². The first-order valence-electron chi connectivity index (χ1n) is 4.61. The van der Waals surface area contributed by atoms with Crippen LogP contribution in [0, 0.1) is 5.82 Å². The maximum absolute atomic E-state index is 12.8. The van der Waals surface area contributed by atoms with Crippen molar-refractivity contribution in [2.75, 3.05) is 7.05 Å². The largest absolute Gasteiger partial charge is 0.340 e. The molecule has 2 N–H and O–H groups in total. The summed E-state index contributed by atoms with van der Waals surface area (Å²) in [5, 5.41) is 5.60. The third kappa shape index (κ3) is 1.86. The highest BCUT2D eigenvalue weighted by Crippen LogP contribution is 2.25. The van der Waals surface area contributed by atoms with Gasteiger partial charge in [0.25, 0.3) is 5.91 Å². The standard InChI is InChI=1S/C10H9ClFN3O/c1-13-10-14-8(9(16)15-10)6-3-2-5(12)4-7(6)11/h2-4,8H,1H3,(H2,13,14,15,16). The van der Waals surface area contributed by atoms with Gasteiger partial charge in [0.2, 0.25) is 0 Å². The van der Waals surface area contributed by atoms with Crippen LogP contribution in [-0.4, -0.2) is 18.9 Å². The van der Waals surface area contributed by atoms with Crippen LogP contribution in [0.2, 0.25) is 5.02 Å². The van der Waals surface area contributed by atoms with Crippen molar-refractivity contribution in [3.8, 4) is 0 Å². The Balaban J connectivity index is 2.35. The van der Waals surface area contributed by atoms with Gasteiger partial charge >= 0.3 is 0 Å². The Labute approximate surface area is 96.5 Å². The lowest BCUT2D eigenvalue weighted by Gasteiger charge is -2.09. The maximum Gasteiger partial charge on any atom is 0.253 e. The number of halogens is 2. The van der Waals surface area contributed by atoms with Crippen LogP contribution in [0.4, 0.5) is 4.39 Å². The quantitative estimate of drug-likeness (QED) is 0.777. The molecule has 1 heterocycles. The summed E-state index contributed by atoms with van der Waals surface area (Å²) in [5.41, 5.74) is 0.527. The Hall–Kier alpha value is -1.62. The molecule has 1 aliphatic rings. The van der Waals surface area contributed by atoms with E-state index in [2.05, 4.69) is 15.6 Å². The van der Waals surface area contributed by atoms with Gasteiger partial charge in [-0.1, -0.05) is 17.7 Å². The molecule has 0 spiro atoms. The number of rotatable bonds is 1. The van der Waals surface area contributed by atoms with Crippen molar-refractivity contribution in [2.45, 2.75) is 6.04 Å². The van der Waals surface area contributed by atoms with Gasteiger partial charge in [-0.05, 0) is 12.1 Å². The fraction of sp³-hybridized carbons (Fsp3) is 0.200. The van der Waals surface area contributed by atoms with E-state index < -0.39 is 11.9 Å². The van der Waals surface area contributed by atoms with E-state index in [1.165, 1.54) is 18.2 Å². The fourth-order valence-corrected chi connectivity index (χ4v) is 1.78. The van der Waals surface area contributed by atoms with Gasteiger partial charge in [0.1, 0.15) is 11.9 Å². The third-order valence-corrected chi connectivity index (χ3v) is 2.61. The minimum atomic E-state index is -0.619. The van der Waals surface area contributed by atoms with E-state index in [0.717, 1.165) is 0 Å². The molecular formula is C10H9ClFN3O. The summed E-state index contributed by atoms with van der Waals surface area (Å²) in [4.78, 5) is 15.4. The Morgan fingerprint density at radius 2 is 2.25 bits per heavy atom. The van der Waals surface area contributed by atoms with Gasteiger partial charge < -0.3 is 5.32 Å². The zero-order valence-corrected chi connectivity index (χ0v) is 9.18. The zero-order valence-electron chi connectivity index (χ0n) is 8.42. The molecule has 1 aromatic carbocycles. The predicted octanol–water partition coefficient (Wildman–Crippen LogP) is 1.23. The van der Waals surface area contributed by atoms with Gasteiger partial charge in [0.15, 0.2) is 5.96 Å². The Morgan fingerprint density at radius 1 is 1.50 bits per heavy atom. The van der Waals surface area contributed by atoms with E-state index in [9.17, 15) is 9.18 Å². The molecule has 16 heavy (non-hydrogen) atoms. The molecule has 1 atom stereocenters. The van der Waals surface area contributed by atoms with Crippen LogP contribution in [0.15, 0.2) is 23.2 Å². The molecule has 0 aliphatic carbocycles. The van der Waals surface area contributed by atoms with Crippen molar-refractivity contribution in [3.05, 3.63) is 34.6 Å². The molecule has 0 aromatic heterocycles. The highest BCUT2D eigenvalue weighted by atomic mass is 35.5. The fourth-order valence-electron chi connectivity index (χ4n) is 1.50. The van der Waals surface area contributed by atoms with Gasteiger partial charge in [-0.15, -0.1) is 0 Å². The third-order valence-electron chi connectivity index (χ3n) is 2.28. The number of aliphatic imine (C=N–C) groups is 1. The first kappa shape index (κ1) is 10.9. The summed E-state index contributed by atoms with van der Waals surface area (Å²) in [6.07, 6.45) is 0. The van der Waals surface area contributed by atoms with Crippen molar-refractivity contribution in [1.29, 1.82) is 0 Å². The van der Waals surface area contributed by atoms with E-state index in [-0.39, 0.29) is 10.9 Å². The van der Waals surface area contributed by atoms with Crippen LogP contribution >= 0.6 is 11.6 Å². The highest BCUT2D eigenvalue weighted by molar-refractivity contribution is 6.31. The number of nitrogens with zero attached hydrogens (tertiary/aromatic N) is 1. The molecule has 4 nitrogen and oxygen atoms in total. The number of hydrogen-bond donors (Lipinski definition) is 2. The molecule has 1 aromatic rings. The van der Waals surface area contributed by atoms with Crippen LogP contribution in [0.5, 0.6) is 0 Å². The molecule has 84 valence electrons. The monoisotopic (exact) mass is 241 g/mol. The number of nitrogens with one attached hydrogen (secondary N) is 2. The van der Waals surface area contributed by atoms with E-state index >= 15 is 0 Å². The average molecular weight is 242 g/mol. The van der Waals surface area contributed by atoms with E-state index in [4.69, 9.17) is 11.6 Å². The Kier molecular flexibility index (Phi) is 2.78. The Morgan fingerprint density at radius 3 is 2.81 bits per heavy atom. The second-order valence-corrected chi connectivity index (χ2v) is 3.71.